The maximum Gasteiger partial charge on any atom is 0.335 e. The van der Waals surface area contributed by atoms with Crippen molar-refractivity contribution in [3.05, 3.63) is 52.1 Å². The van der Waals surface area contributed by atoms with Gasteiger partial charge in [0.05, 0.1) is 10.5 Å². The number of carbonyl (C=O) groups is 2. The van der Waals surface area contributed by atoms with Crippen molar-refractivity contribution >= 4 is 34.9 Å². The molecule has 1 amide bonds. The lowest BCUT2D eigenvalue weighted by molar-refractivity contribution is -0.122. The van der Waals surface area contributed by atoms with E-state index in [2.05, 4.69) is 4.99 Å². The molecule has 2 heterocycles. The average molecular weight is 384 g/mol. The van der Waals surface area contributed by atoms with Gasteiger partial charge in [0.2, 0.25) is 0 Å². The quantitative estimate of drug-likeness (QED) is 0.779. The van der Waals surface area contributed by atoms with Gasteiger partial charge in [-0.3, -0.25) is 14.7 Å². The number of rotatable bonds is 5. The summed E-state index contributed by atoms with van der Waals surface area (Å²) in [7, 11) is 0. The summed E-state index contributed by atoms with van der Waals surface area (Å²) in [6.45, 7) is 6.88. The normalized spacial score (nSPS) is 17.3. The Balaban J connectivity index is 1.89. The summed E-state index contributed by atoms with van der Waals surface area (Å²) in [5.74, 6) is 0.156. The highest BCUT2D eigenvalue weighted by Crippen LogP contribution is 2.34. The Bertz CT molecular complexity index is 959. The van der Waals surface area contributed by atoms with Gasteiger partial charge in [0, 0.05) is 24.7 Å². The second kappa shape index (κ2) is 7.84. The molecule has 1 saturated heterocycles. The van der Waals surface area contributed by atoms with Crippen LogP contribution in [0.3, 0.4) is 0 Å². The largest absolute Gasteiger partial charge is 0.478 e. The number of carbonyl (C=O) groups excluding carboxylic acids is 1. The van der Waals surface area contributed by atoms with Crippen molar-refractivity contribution in [2.45, 2.75) is 20.8 Å². The molecule has 1 fully saturated rings. The molecule has 1 aromatic heterocycles. The monoisotopic (exact) mass is 384 g/mol. The summed E-state index contributed by atoms with van der Waals surface area (Å²) in [6.07, 6.45) is 1.72. The lowest BCUT2D eigenvalue weighted by atomic mass is 10.0. The van der Waals surface area contributed by atoms with Crippen LogP contribution >= 0.6 is 11.8 Å². The van der Waals surface area contributed by atoms with Crippen LogP contribution in [0.2, 0.25) is 0 Å². The average Bonchev–Trinajstić information content (AvgIpc) is 3.20. The third kappa shape index (κ3) is 3.83. The van der Waals surface area contributed by atoms with Gasteiger partial charge in [-0.15, -0.1) is 0 Å². The highest BCUT2D eigenvalue weighted by atomic mass is 32.2. The molecule has 0 aliphatic carbocycles. The van der Waals surface area contributed by atoms with Gasteiger partial charge in [-0.2, -0.15) is 0 Å². The number of carboxylic acids is 1. The number of hydrogen-bond donors (Lipinski definition) is 1. The minimum atomic E-state index is -0.962. The van der Waals surface area contributed by atoms with Gasteiger partial charge in [-0.05, 0) is 62.4 Å². The molecule has 6 nitrogen and oxygen atoms in total. The molecule has 1 aliphatic rings. The summed E-state index contributed by atoms with van der Waals surface area (Å²) in [6, 6.07) is 8.51. The number of benzene rings is 1. The number of hydrogen-bond acceptors (Lipinski definition) is 5. The highest BCUT2D eigenvalue weighted by molar-refractivity contribution is 8.18. The number of furan rings is 1. The summed E-state index contributed by atoms with van der Waals surface area (Å²) >= 11 is 1.35. The van der Waals surface area contributed by atoms with E-state index in [1.54, 1.807) is 35.2 Å². The second-order valence-corrected chi connectivity index (χ2v) is 6.96. The Labute approximate surface area is 161 Å². The first-order chi connectivity index (χ1) is 12.9. The van der Waals surface area contributed by atoms with Crippen molar-refractivity contribution in [2.75, 3.05) is 13.1 Å². The van der Waals surface area contributed by atoms with Crippen LogP contribution in [0.15, 0.2) is 44.6 Å². The van der Waals surface area contributed by atoms with Crippen LogP contribution in [0.4, 0.5) is 0 Å². The van der Waals surface area contributed by atoms with Crippen LogP contribution in [-0.4, -0.2) is 40.1 Å². The number of amidine groups is 1. The van der Waals surface area contributed by atoms with Gasteiger partial charge in [0.25, 0.3) is 5.91 Å². The number of nitrogens with zero attached hydrogens (tertiary/aromatic N) is 2. The van der Waals surface area contributed by atoms with E-state index >= 15 is 0 Å². The fraction of sp³-hybridized carbons (Fsp3) is 0.250. The van der Waals surface area contributed by atoms with Gasteiger partial charge < -0.3 is 9.52 Å². The van der Waals surface area contributed by atoms with Crippen LogP contribution in [0, 0.1) is 6.92 Å². The molecule has 0 spiro atoms. The van der Waals surface area contributed by atoms with Crippen molar-refractivity contribution < 1.29 is 19.1 Å². The van der Waals surface area contributed by atoms with E-state index in [0.29, 0.717) is 34.7 Å². The van der Waals surface area contributed by atoms with Crippen molar-refractivity contribution in [2.24, 2.45) is 4.99 Å². The minimum Gasteiger partial charge on any atom is -0.478 e. The van der Waals surface area contributed by atoms with Crippen LogP contribution in [-0.2, 0) is 4.79 Å². The number of carboxylic acid groups (broad SMARTS) is 1. The van der Waals surface area contributed by atoms with Gasteiger partial charge in [-0.1, -0.05) is 6.07 Å². The van der Waals surface area contributed by atoms with Gasteiger partial charge >= 0.3 is 5.97 Å². The Hall–Kier alpha value is -2.80. The lowest BCUT2D eigenvalue weighted by Gasteiger charge is -2.11. The molecular formula is C20H20N2O4S. The summed E-state index contributed by atoms with van der Waals surface area (Å²) in [4.78, 5) is 30.2. The smallest absolute Gasteiger partial charge is 0.335 e. The van der Waals surface area contributed by atoms with E-state index in [0.717, 1.165) is 11.1 Å². The molecular weight excluding hydrogens is 364 g/mol. The summed E-state index contributed by atoms with van der Waals surface area (Å²) in [5, 5.41) is 9.79. The number of likely N-dealkylation sites (N-methyl/N-ethyl adjacent to an activating group) is 1. The molecule has 1 aliphatic heterocycles. The van der Waals surface area contributed by atoms with E-state index in [-0.39, 0.29) is 11.5 Å². The molecule has 0 saturated carbocycles. The van der Waals surface area contributed by atoms with Crippen LogP contribution in [0.25, 0.3) is 17.4 Å². The molecule has 7 heteroatoms. The summed E-state index contributed by atoms with van der Waals surface area (Å²) in [5.41, 5.74) is 1.86. The Morgan fingerprint density at radius 1 is 1.30 bits per heavy atom. The number of thioether (sulfide) groups is 1. The first-order valence-electron chi connectivity index (χ1n) is 8.64. The number of aromatic carboxylic acids is 1. The van der Waals surface area contributed by atoms with Gasteiger partial charge in [0.1, 0.15) is 11.5 Å². The van der Waals surface area contributed by atoms with E-state index in [1.807, 2.05) is 26.8 Å². The van der Waals surface area contributed by atoms with E-state index in [1.165, 1.54) is 11.8 Å². The maximum atomic E-state index is 12.5. The number of amides is 1. The van der Waals surface area contributed by atoms with E-state index < -0.39 is 5.97 Å². The molecule has 2 aromatic rings. The van der Waals surface area contributed by atoms with Crippen LogP contribution in [0.1, 0.15) is 35.5 Å². The van der Waals surface area contributed by atoms with Crippen molar-refractivity contribution in [1.29, 1.82) is 0 Å². The topological polar surface area (TPSA) is 83.1 Å². The third-order valence-corrected chi connectivity index (χ3v) is 5.18. The molecule has 140 valence electrons. The molecule has 1 N–H and O–H groups in total. The Morgan fingerprint density at radius 3 is 2.70 bits per heavy atom. The minimum absolute atomic E-state index is 0.0744. The number of aryl methyl sites for hydroxylation is 1. The van der Waals surface area contributed by atoms with Crippen molar-refractivity contribution in [3.8, 4) is 11.3 Å². The lowest BCUT2D eigenvalue weighted by Crippen LogP contribution is -2.28. The molecule has 0 bridgehead atoms. The molecule has 0 atom stereocenters. The SMILES string of the molecule is CCN=C1S/C(=C\c2ccc(-c3ccc(C(=O)O)cc3C)o2)C(=O)N1CC. The fourth-order valence-electron chi connectivity index (χ4n) is 2.82. The second-order valence-electron chi connectivity index (χ2n) is 5.95. The predicted molar refractivity (Wildman–Crippen MR) is 107 cm³/mol. The highest BCUT2D eigenvalue weighted by Gasteiger charge is 2.32. The Kier molecular flexibility index (Phi) is 5.51. The zero-order valence-electron chi connectivity index (χ0n) is 15.4. The summed E-state index contributed by atoms with van der Waals surface area (Å²) < 4.78 is 5.88. The first kappa shape index (κ1) is 19.0. The van der Waals surface area contributed by atoms with Gasteiger partial charge in [-0.25, -0.2) is 4.79 Å². The fourth-order valence-corrected chi connectivity index (χ4v) is 3.90. The number of aliphatic imine (C=N–C) groups is 1. The van der Waals surface area contributed by atoms with Crippen molar-refractivity contribution in [1.82, 2.24) is 4.90 Å². The molecule has 3 rings (SSSR count). The third-order valence-electron chi connectivity index (χ3n) is 4.14. The zero-order chi connectivity index (χ0) is 19.6. The standard InChI is InChI=1S/C20H20N2O4S/c1-4-21-20-22(5-2)18(23)17(27-20)11-14-7-9-16(26-14)15-8-6-13(19(24)25)10-12(15)3/h6-11H,4-5H2,1-3H3,(H,24,25)/b17-11-,21-20?. The first-order valence-corrected chi connectivity index (χ1v) is 9.46. The molecule has 27 heavy (non-hydrogen) atoms. The molecule has 0 radical (unpaired) electrons. The maximum absolute atomic E-state index is 12.5. The van der Waals surface area contributed by atoms with Crippen molar-refractivity contribution in [3.63, 3.8) is 0 Å². The zero-order valence-corrected chi connectivity index (χ0v) is 16.2. The predicted octanol–water partition coefficient (Wildman–Crippen LogP) is 4.27. The van der Waals surface area contributed by atoms with E-state index in [9.17, 15) is 9.59 Å². The van der Waals surface area contributed by atoms with Crippen LogP contribution in [0.5, 0.6) is 0 Å². The van der Waals surface area contributed by atoms with Gasteiger partial charge in [0.15, 0.2) is 5.17 Å². The molecule has 1 aromatic carbocycles. The molecule has 0 unspecified atom stereocenters. The van der Waals surface area contributed by atoms with Crippen LogP contribution < -0.4 is 0 Å². The Morgan fingerprint density at radius 2 is 2.07 bits per heavy atom. The van der Waals surface area contributed by atoms with E-state index in [4.69, 9.17) is 9.52 Å².